The minimum atomic E-state index is -0.640. The molecule has 2 aromatic rings. The second-order valence-electron chi connectivity index (χ2n) is 7.96. The Bertz CT molecular complexity index is 1150. The van der Waals surface area contributed by atoms with Gasteiger partial charge in [0.2, 0.25) is 0 Å². The Morgan fingerprint density at radius 3 is 2.78 bits per heavy atom. The van der Waals surface area contributed by atoms with E-state index in [0.29, 0.717) is 23.5 Å². The molecule has 8 heteroatoms. The lowest BCUT2D eigenvalue weighted by Crippen LogP contribution is -2.36. The molecule has 32 heavy (non-hydrogen) atoms. The van der Waals surface area contributed by atoms with E-state index in [1.807, 2.05) is 19.9 Å². The van der Waals surface area contributed by atoms with Gasteiger partial charge >= 0.3 is 5.97 Å². The highest BCUT2D eigenvalue weighted by molar-refractivity contribution is 7.12. The first kappa shape index (κ1) is 22.7. The molecule has 5 nitrogen and oxygen atoms in total. The van der Waals surface area contributed by atoms with Crippen molar-refractivity contribution >= 4 is 40.4 Å². The normalized spacial score (nSPS) is 20.7. The summed E-state index contributed by atoms with van der Waals surface area (Å²) in [6.07, 6.45) is 1.96. The average Bonchev–Trinajstić information content (AvgIpc) is 3.12. The molecule has 0 amide bonds. The fourth-order valence-electron chi connectivity index (χ4n) is 4.34. The number of aliphatic imine (C=N–C) groups is 1. The standard InChI is InChI=1S/C24H23ClFNO4S/c1-12-21(24(29)30-3)23(22-17(27-12)5-4-6-18(22)28)20-9-14(13(2)32-20)11-31-19-8-7-15(26)10-16(19)25/h7-10,21,23H,4-6,11H2,1-3H3. The van der Waals surface area contributed by atoms with Crippen molar-refractivity contribution in [1.29, 1.82) is 0 Å². The molecule has 0 fully saturated rings. The van der Waals surface area contributed by atoms with Crippen LogP contribution in [-0.4, -0.2) is 24.6 Å². The summed E-state index contributed by atoms with van der Waals surface area (Å²) in [5.41, 5.74) is 3.00. The van der Waals surface area contributed by atoms with E-state index in [4.69, 9.17) is 21.1 Å². The average molecular weight is 476 g/mol. The summed E-state index contributed by atoms with van der Waals surface area (Å²) in [5.74, 6) is -1.46. The number of nitrogens with zero attached hydrogens (tertiary/aromatic N) is 1. The quantitative estimate of drug-likeness (QED) is 0.514. The van der Waals surface area contributed by atoms with E-state index in [1.54, 1.807) is 0 Å². The lowest BCUT2D eigenvalue weighted by molar-refractivity contribution is -0.143. The Morgan fingerprint density at radius 2 is 2.06 bits per heavy atom. The van der Waals surface area contributed by atoms with E-state index < -0.39 is 23.6 Å². The minimum Gasteiger partial charge on any atom is -0.487 e. The Balaban J connectivity index is 1.69. The summed E-state index contributed by atoms with van der Waals surface area (Å²) >= 11 is 7.60. The zero-order valence-corrected chi connectivity index (χ0v) is 19.6. The first-order chi connectivity index (χ1) is 15.3. The number of thiophene rings is 1. The molecule has 1 aromatic heterocycles. The van der Waals surface area contributed by atoms with Gasteiger partial charge in [-0.15, -0.1) is 11.3 Å². The summed E-state index contributed by atoms with van der Waals surface area (Å²) in [6.45, 7) is 4.02. The molecule has 0 radical (unpaired) electrons. The number of carbonyl (C=O) groups is 2. The van der Waals surface area contributed by atoms with Gasteiger partial charge in [-0.05, 0) is 51.0 Å². The highest BCUT2D eigenvalue weighted by Crippen LogP contribution is 2.46. The number of ketones is 1. The smallest absolute Gasteiger partial charge is 0.315 e. The number of benzene rings is 1. The summed E-state index contributed by atoms with van der Waals surface area (Å²) in [5, 5.41) is 0.200. The molecule has 1 aromatic carbocycles. The number of allylic oxidation sites excluding steroid dienone is 2. The topological polar surface area (TPSA) is 65.0 Å². The second-order valence-corrected chi connectivity index (χ2v) is 9.66. The number of esters is 1. The largest absolute Gasteiger partial charge is 0.487 e. The van der Waals surface area contributed by atoms with Gasteiger partial charge in [0.15, 0.2) is 5.78 Å². The third-order valence-corrected chi connectivity index (χ3v) is 7.38. The van der Waals surface area contributed by atoms with Crippen molar-refractivity contribution in [2.45, 2.75) is 45.6 Å². The van der Waals surface area contributed by atoms with E-state index in [-0.39, 0.29) is 17.4 Å². The van der Waals surface area contributed by atoms with Gasteiger partial charge in [0, 0.05) is 44.6 Å². The Kier molecular flexibility index (Phi) is 6.49. The molecular formula is C24H23ClFNO4S. The SMILES string of the molecule is COC(=O)C1C(C)=NC2=C(C(=O)CCC2)C1c1cc(COc2ccc(F)cc2Cl)c(C)s1. The third-order valence-electron chi connectivity index (χ3n) is 5.91. The van der Waals surface area contributed by atoms with E-state index in [2.05, 4.69) is 4.99 Å². The minimum absolute atomic E-state index is 0.0448. The summed E-state index contributed by atoms with van der Waals surface area (Å²) in [4.78, 5) is 32.1. The summed E-state index contributed by atoms with van der Waals surface area (Å²) in [6, 6.07) is 5.97. The second kappa shape index (κ2) is 9.16. The molecule has 0 bridgehead atoms. The molecule has 1 aliphatic carbocycles. The van der Waals surface area contributed by atoms with Crippen molar-refractivity contribution in [3.63, 3.8) is 0 Å². The van der Waals surface area contributed by atoms with Gasteiger partial charge in [0.05, 0.1) is 12.1 Å². The molecular weight excluding hydrogens is 453 g/mol. The van der Waals surface area contributed by atoms with Crippen LogP contribution in [0.5, 0.6) is 5.75 Å². The van der Waals surface area contributed by atoms with Crippen LogP contribution in [-0.2, 0) is 20.9 Å². The van der Waals surface area contributed by atoms with Crippen LogP contribution < -0.4 is 4.74 Å². The van der Waals surface area contributed by atoms with Gasteiger partial charge in [0.25, 0.3) is 0 Å². The number of carbonyl (C=O) groups excluding carboxylic acids is 2. The van der Waals surface area contributed by atoms with Crippen LogP contribution in [0.3, 0.4) is 0 Å². The van der Waals surface area contributed by atoms with Gasteiger partial charge in [-0.3, -0.25) is 14.6 Å². The molecule has 2 unspecified atom stereocenters. The van der Waals surface area contributed by atoms with Crippen molar-refractivity contribution in [3.05, 3.63) is 61.7 Å². The van der Waals surface area contributed by atoms with Crippen LogP contribution in [0.4, 0.5) is 4.39 Å². The lowest BCUT2D eigenvalue weighted by atomic mass is 9.74. The van der Waals surface area contributed by atoms with Crippen LogP contribution in [0, 0.1) is 18.7 Å². The molecule has 168 valence electrons. The molecule has 2 atom stereocenters. The summed E-state index contributed by atoms with van der Waals surface area (Å²) < 4.78 is 24.2. The molecule has 0 saturated heterocycles. The van der Waals surface area contributed by atoms with E-state index in [9.17, 15) is 14.0 Å². The predicted octanol–water partition coefficient (Wildman–Crippen LogP) is 5.78. The van der Waals surface area contributed by atoms with Gasteiger partial charge < -0.3 is 9.47 Å². The number of ether oxygens (including phenoxy) is 2. The van der Waals surface area contributed by atoms with Crippen molar-refractivity contribution in [1.82, 2.24) is 0 Å². The molecule has 0 spiro atoms. The number of hydrogen-bond acceptors (Lipinski definition) is 6. The monoisotopic (exact) mass is 475 g/mol. The zero-order chi connectivity index (χ0) is 23.0. The molecule has 0 saturated carbocycles. The maximum Gasteiger partial charge on any atom is 0.315 e. The van der Waals surface area contributed by atoms with Crippen molar-refractivity contribution < 1.29 is 23.5 Å². The van der Waals surface area contributed by atoms with Crippen molar-refractivity contribution in [2.75, 3.05) is 7.11 Å². The van der Waals surface area contributed by atoms with Gasteiger partial charge in [-0.2, -0.15) is 0 Å². The Hall–Kier alpha value is -2.51. The van der Waals surface area contributed by atoms with Crippen LogP contribution in [0.25, 0.3) is 0 Å². The highest BCUT2D eigenvalue weighted by Gasteiger charge is 2.43. The maximum absolute atomic E-state index is 13.3. The fourth-order valence-corrected chi connectivity index (χ4v) is 5.74. The number of aryl methyl sites for hydroxylation is 1. The molecule has 2 heterocycles. The van der Waals surface area contributed by atoms with Crippen molar-refractivity contribution in [2.24, 2.45) is 10.9 Å². The van der Waals surface area contributed by atoms with Gasteiger partial charge in [-0.1, -0.05) is 11.6 Å². The number of hydrogen-bond donors (Lipinski definition) is 0. The number of Topliss-reactive ketones (excluding diaryl/α,β-unsaturated/α-hetero) is 1. The third kappa shape index (κ3) is 4.24. The Labute approximate surface area is 194 Å². The van der Waals surface area contributed by atoms with Gasteiger partial charge in [0.1, 0.15) is 24.1 Å². The first-order valence-electron chi connectivity index (χ1n) is 10.4. The van der Waals surface area contributed by atoms with Gasteiger partial charge in [-0.25, -0.2) is 4.39 Å². The van der Waals surface area contributed by atoms with Crippen LogP contribution in [0.15, 0.2) is 40.5 Å². The van der Waals surface area contributed by atoms with Crippen LogP contribution in [0.2, 0.25) is 5.02 Å². The molecule has 2 aliphatic rings. The van der Waals surface area contributed by atoms with Crippen molar-refractivity contribution in [3.8, 4) is 5.75 Å². The highest BCUT2D eigenvalue weighted by atomic mass is 35.5. The van der Waals surface area contributed by atoms with E-state index >= 15 is 0 Å². The first-order valence-corrected chi connectivity index (χ1v) is 11.6. The van der Waals surface area contributed by atoms with E-state index in [0.717, 1.165) is 33.9 Å². The zero-order valence-electron chi connectivity index (χ0n) is 18.0. The summed E-state index contributed by atoms with van der Waals surface area (Å²) in [7, 11) is 1.35. The van der Waals surface area contributed by atoms with Crippen LogP contribution >= 0.6 is 22.9 Å². The fraction of sp³-hybridized carbons (Fsp3) is 0.375. The lowest BCUT2D eigenvalue weighted by Gasteiger charge is -2.33. The van der Waals surface area contributed by atoms with E-state index in [1.165, 1.54) is 36.6 Å². The molecule has 0 N–H and O–H groups in total. The predicted molar refractivity (Wildman–Crippen MR) is 122 cm³/mol. The number of rotatable bonds is 5. The number of halogens is 2. The van der Waals surface area contributed by atoms with Crippen LogP contribution in [0.1, 0.15) is 47.4 Å². The molecule has 4 rings (SSSR count). The maximum atomic E-state index is 13.3. The number of methoxy groups -OCH3 is 1. The molecule has 1 aliphatic heterocycles. The Morgan fingerprint density at radius 1 is 1.28 bits per heavy atom.